The summed E-state index contributed by atoms with van der Waals surface area (Å²) < 4.78 is 18.8. The average molecular weight is 308 g/mol. The minimum Gasteiger partial charge on any atom is -0.381 e. The van der Waals surface area contributed by atoms with Gasteiger partial charge in [0.2, 0.25) is 0 Å². The van der Waals surface area contributed by atoms with Crippen molar-refractivity contribution in [3.05, 3.63) is 39.7 Å². The van der Waals surface area contributed by atoms with Crippen molar-refractivity contribution in [1.29, 1.82) is 0 Å². The number of rotatable bonds is 3. The van der Waals surface area contributed by atoms with Crippen LogP contribution in [0.2, 0.25) is 0 Å². The summed E-state index contributed by atoms with van der Waals surface area (Å²) in [6.45, 7) is 3.31. The maximum atomic E-state index is 13.5. The number of ether oxygens (including phenoxy) is 1. The Hall–Kier alpha value is -1.40. The third kappa shape index (κ3) is 3.27. The second-order valence-corrected chi connectivity index (χ2v) is 6.54. The molecule has 1 saturated heterocycles. The SMILES string of the molecule is Cc1cc(F)cc2nc(CSC3CCOCC3)[nH]c(=O)c12. The molecular formula is C15H17FN2O2S. The van der Waals surface area contributed by atoms with E-state index in [2.05, 4.69) is 9.97 Å². The largest absolute Gasteiger partial charge is 0.381 e. The van der Waals surface area contributed by atoms with Crippen molar-refractivity contribution in [1.82, 2.24) is 9.97 Å². The van der Waals surface area contributed by atoms with E-state index in [-0.39, 0.29) is 11.4 Å². The van der Waals surface area contributed by atoms with Crippen molar-refractivity contribution in [2.45, 2.75) is 30.8 Å². The van der Waals surface area contributed by atoms with Crippen molar-refractivity contribution in [3.8, 4) is 0 Å². The van der Waals surface area contributed by atoms with Gasteiger partial charge >= 0.3 is 0 Å². The Morgan fingerprint density at radius 1 is 1.43 bits per heavy atom. The normalized spacial score (nSPS) is 16.5. The molecule has 0 unspecified atom stereocenters. The predicted molar refractivity (Wildman–Crippen MR) is 82.2 cm³/mol. The molecule has 4 nitrogen and oxygen atoms in total. The van der Waals surface area contributed by atoms with E-state index < -0.39 is 0 Å². The highest BCUT2D eigenvalue weighted by molar-refractivity contribution is 7.99. The Kier molecular flexibility index (Phi) is 4.26. The molecule has 1 fully saturated rings. The highest BCUT2D eigenvalue weighted by atomic mass is 32.2. The summed E-state index contributed by atoms with van der Waals surface area (Å²) in [4.78, 5) is 19.3. The molecule has 2 heterocycles. The molecule has 0 aliphatic carbocycles. The summed E-state index contributed by atoms with van der Waals surface area (Å²) in [5, 5.41) is 1.00. The maximum absolute atomic E-state index is 13.5. The van der Waals surface area contributed by atoms with Crippen LogP contribution in [0.15, 0.2) is 16.9 Å². The van der Waals surface area contributed by atoms with Crippen LogP contribution in [0.4, 0.5) is 4.39 Å². The molecule has 1 aliphatic heterocycles. The van der Waals surface area contributed by atoms with Crippen LogP contribution < -0.4 is 5.56 Å². The summed E-state index contributed by atoms with van der Waals surface area (Å²) in [6, 6.07) is 2.68. The Morgan fingerprint density at radius 3 is 2.95 bits per heavy atom. The van der Waals surface area contributed by atoms with E-state index >= 15 is 0 Å². The van der Waals surface area contributed by atoms with Gasteiger partial charge in [0.15, 0.2) is 0 Å². The van der Waals surface area contributed by atoms with Crippen LogP contribution in [0, 0.1) is 12.7 Å². The highest BCUT2D eigenvalue weighted by Gasteiger charge is 2.15. The first-order chi connectivity index (χ1) is 10.1. The molecule has 0 spiro atoms. The van der Waals surface area contributed by atoms with E-state index in [1.807, 2.05) is 0 Å². The monoisotopic (exact) mass is 308 g/mol. The highest BCUT2D eigenvalue weighted by Crippen LogP contribution is 2.25. The van der Waals surface area contributed by atoms with E-state index in [0.717, 1.165) is 26.1 Å². The van der Waals surface area contributed by atoms with E-state index in [9.17, 15) is 9.18 Å². The van der Waals surface area contributed by atoms with E-state index in [1.54, 1.807) is 18.7 Å². The average Bonchev–Trinajstić information content (AvgIpc) is 2.45. The fourth-order valence-electron chi connectivity index (χ4n) is 2.58. The van der Waals surface area contributed by atoms with E-state index in [4.69, 9.17) is 4.74 Å². The van der Waals surface area contributed by atoms with E-state index in [1.165, 1.54) is 12.1 Å². The molecule has 0 saturated carbocycles. The van der Waals surface area contributed by atoms with Crippen LogP contribution >= 0.6 is 11.8 Å². The van der Waals surface area contributed by atoms with Gasteiger partial charge in [-0.25, -0.2) is 9.37 Å². The Bertz CT molecular complexity index is 711. The first-order valence-electron chi connectivity index (χ1n) is 7.02. The van der Waals surface area contributed by atoms with Crippen LogP contribution in [0.1, 0.15) is 24.2 Å². The summed E-state index contributed by atoms with van der Waals surface area (Å²) in [5.74, 6) is 0.876. The van der Waals surface area contributed by atoms with Crippen LogP contribution in [0.3, 0.4) is 0 Å². The van der Waals surface area contributed by atoms with Gasteiger partial charge in [0.1, 0.15) is 11.6 Å². The molecule has 1 aliphatic rings. The molecule has 1 N–H and O–H groups in total. The van der Waals surface area contributed by atoms with Crippen molar-refractivity contribution in [3.63, 3.8) is 0 Å². The number of fused-ring (bicyclic) bond motifs is 1. The lowest BCUT2D eigenvalue weighted by molar-refractivity contribution is 0.1000. The number of aromatic amines is 1. The molecule has 0 amide bonds. The van der Waals surface area contributed by atoms with Crippen LogP contribution in [0.25, 0.3) is 10.9 Å². The quantitative estimate of drug-likeness (QED) is 0.947. The standard InChI is InChI=1S/C15H17FN2O2S/c1-9-6-10(16)7-12-14(9)15(19)18-13(17-12)8-21-11-2-4-20-5-3-11/h6-7,11H,2-5,8H2,1H3,(H,17,18,19). The molecule has 0 atom stereocenters. The summed E-state index contributed by atoms with van der Waals surface area (Å²) in [6.07, 6.45) is 2.05. The molecule has 1 aromatic carbocycles. The van der Waals surface area contributed by atoms with Crippen molar-refractivity contribution >= 4 is 22.7 Å². The van der Waals surface area contributed by atoms with Gasteiger partial charge in [0, 0.05) is 24.5 Å². The molecule has 6 heteroatoms. The van der Waals surface area contributed by atoms with Gasteiger partial charge in [-0.2, -0.15) is 11.8 Å². The lowest BCUT2D eigenvalue weighted by Crippen LogP contribution is -2.18. The maximum Gasteiger partial charge on any atom is 0.259 e. The number of H-pyrrole nitrogens is 1. The van der Waals surface area contributed by atoms with Gasteiger partial charge in [-0.1, -0.05) is 0 Å². The second-order valence-electron chi connectivity index (χ2n) is 5.25. The van der Waals surface area contributed by atoms with Gasteiger partial charge in [0.05, 0.1) is 16.7 Å². The molecule has 1 aromatic heterocycles. The molecule has 0 bridgehead atoms. The molecule has 112 valence electrons. The summed E-state index contributed by atoms with van der Waals surface area (Å²) >= 11 is 1.77. The number of nitrogens with zero attached hydrogens (tertiary/aromatic N) is 1. The van der Waals surface area contributed by atoms with Crippen LogP contribution in [0.5, 0.6) is 0 Å². The molecule has 21 heavy (non-hydrogen) atoms. The number of halogens is 1. The van der Waals surface area contributed by atoms with Crippen molar-refractivity contribution in [2.24, 2.45) is 0 Å². The van der Waals surface area contributed by atoms with Gasteiger partial charge in [-0.05, 0) is 31.4 Å². The third-order valence-electron chi connectivity index (χ3n) is 3.64. The first kappa shape index (κ1) is 14.5. The fraction of sp³-hybridized carbons (Fsp3) is 0.467. The smallest absolute Gasteiger partial charge is 0.259 e. The second kappa shape index (κ2) is 6.15. The lowest BCUT2D eigenvalue weighted by Gasteiger charge is -2.21. The lowest BCUT2D eigenvalue weighted by atomic mass is 10.1. The third-order valence-corrected chi connectivity index (χ3v) is 5.03. The molecule has 2 aromatic rings. The minimum absolute atomic E-state index is 0.194. The first-order valence-corrected chi connectivity index (χ1v) is 8.07. The Balaban J connectivity index is 1.84. The summed E-state index contributed by atoms with van der Waals surface area (Å²) in [7, 11) is 0. The van der Waals surface area contributed by atoms with Gasteiger partial charge in [-0.15, -0.1) is 0 Å². The molecular weight excluding hydrogens is 291 g/mol. The fourth-order valence-corrected chi connectivity index (χ4v) is 3.64. The van der Waals surface area contributed by atoms with Crippen molar-refractivity contribution in [2.75, 3.05) is 13.2 Å². The van der Waals surface area contributed by atoms with Crippen LogP contribution in [-0.2, 0) is 10.5 Å². The van der Waals surface area contributed by atoms with Crippen molar-refractivity contribution < 1.29 is 9.13 Å². The number of nitrogens with one attached hydrogen (secondary N) is 1. The minimum atomic E-state index is -0.360. The number of aryl methyl sites for hydroxylation is 1. The zero-order valence-electron chi connectivity index (χ0n) is 11.8. The Labute approximate surface area is 126 Å². The summed E-state index contributed by atoms with van der Waals surface area (Å²) in [5.41, 5.74) is 0.848. The van der Waals surface area contributed by atoms with Gasteiger partial charge in [0.25, 0.3) is 5.56 Å². The Morgan fingerprint density at radius 2 is 2.19 bits per heavy atom. The zero-order chi connectivity index (χ0) is 14.8. The topological polar surface area (TPSA) is 55.0 Å². The number of hydrogen-bond donors (Lipinski definition) is 1. The van der Waals surface area contributed by atoms with Gasteiger partial charge in [-0.3, -0.25) is 4.79 Å². The van der Waals surface area contributed by atoms with Gasteiger partial charge < -0.3 is 9.72 Å². The van der Waals surface area contributed by atoms with E-state index in [0.29, 0.717) is 33.3 Å². The zero-order valence-corrected chi connectivity index (χ0v) is 12.6. The number of hydrogen-bond acceptors (Lipinski definition) is 4. The van der Waals surface area contributed by atoms with Crippen LogP contribution in [-0.4, -0.2) is 28.4 Å². The molecule has 0 radical (unpaired) electrons. The number of thioether (sulfide) groups is 1. The predicted octanol–water partition coefficient (Wildman–Crippen LogP) is 2.78. The molecule has 3 rings (SSSR count). The number of benzene rings is 1. The number of aromatic nitrogens is 2.